The highest BCUT2D eigenvalue weighted by molar-refractivity contribution is 7.11. The van der Waals surface area contributed by atoms with Gasteiger partial charge in [-0.25, -0.2) is 0 Å². The van der Waals surface area contributed by atoms with E-state index in [-0.39, 0.29) is 12.5 Å². The summed E-state index contributed by atoms with van der Waals surface area (Å²) in [4.78, 5) is 16.4. The molecule has 5 heteroatoms. The van der Waals surface area contributed by atoms with Gasteiger partial charge in [0.2, 0.25) is 0 Å². The summed E-state index contributed by atoms with van der Waals surface area (Å²) >= 11 is 1.29. The van der Waals surface area contributed by atoms with Gasteiger partial charge in [-0.3, -0.25) is 9.78 Å². The molecule has 0 aliphatic rings. The van der Waals surface area contributed by atoms with Crippen LogP contribution in [-0.2, 0) is 0 Å². The largest absolute Gasteiger partial charge is 0.384 e. The number of anilines is 1. The molecule has 2 aromatic rings. The fourth-order valence-corrected chi connectivity index (χ4v) is 2.00. The van der Waals surface area contributed by atoms with E-state index in [0.29, 0.717) is 10.6 Å². The first-order chi connectivity index (χ1) is 9.20. The number of thiazole rings is 1. The van der Waals surface area contributed by atoms with Gasteiger partial charge in [0.15, 0.2) is 0 Å². The van der Waals surface area contributed by atoms with Gasteiger partial charge in [-0.1, -0.05) is 17.9 Å². The molecular weight excluding hydrogens is 260 g/mol. The summed E-state index contributed by atoms with van der Waals surface area (Å²) < 4.78 is 0. The van der Waals surface area contributed by atoms with Gasteiger partial charge in [0.05, 0.1) is 11.7 Å². The molecule has 0 saturated heterocycles. The zero-order valence-electron chi connectivity index (χ0n) is 10.3. The van der Waals surface area contributed by atoms with Crippen molar-refractivity contribution in [2.45, 2.75) is 6.92 Å². The first-order valence-corrected chi connectivity index (χ1v) is 6.49. The van der Waals surface area contributed by atoms with Crippen molar-refractivity contribution < 1.29 is 9.90 Å². The summed E-state index contributed by atoms with van der Waals surface area (Å²) in [6.45, 7) is 1.72. The van der Waals surface area contributed by atoms with Crippen molar-refractivity contribution in [2.75, 3.05) is 11.9 Å². The van der Waals surface area contributed by atoms with E-state index >= 15 is 0 Å². The Labute approximate surface area is 115 Å². The summed E-state index contributed by atoms with van der Waals surface area (Å²) in [5.74, 6) is 5.20. The van der Waals surface area contributed by atoms with Crippen molar-refractivity contribution in [2.24, 2.45) is 0 Å². The average molecular weight is 272 g/mol. The maximum Gasteiger partial charge on any atom is 0.267 e. The van der Waals surface area contributed by atoms with Crippen LogP contribution in [0.3, 0.4) is 0 Å². The molecule has 0 atom stereocenters. The average Bonchev–Trinajstić information content (AvgIpc) is 2.93. The lowest BCUT2D eigenvalue weighted by molar-refractivity contribution is 0.103. The zero-order valence-corrected chi connectivity index (χ0v) is 11.1. The molecule has 96 valence electrons. The Kier molecular flexibility index (Phi) is 4.29. The third-order valence-electron chi connectivity index (χ3n) is 2.45. The molecule has 0 saturated carbocycles. The van der Waals surface area contributed by atoms with Crippen molar-refractivity contribution in [3.8, 4) is 11.8 Å². The standard InChI is InChI=1S/C14H12N2O2S/c1-10-4-5-11(3-2-6-17)7-12(10)16-14(18)13-8-15-9-19-13/h4-5,7-9,17H,6H2,1H3,(H,16,18). The maximum absolute atomic E-state index is 11.9. The molecule has 2 rings (SSSR count). The highest BCUT2D eigenvalue weighted by Crippen LogP contribution is 2.18. The maximum atomic E-state index is 11.9. The number of hydrogen-bond donors (Lipinski definition) is 2. The highest BCUT2D eigenvalue weighted by Gasteiger charge is 2.09. The van der Waals surface area contributed by atoms with E-state index in [1.165, 1.54) is 17.5 Å². The summed E-state index contributed by atoms with van der Waals surface area (Å²) in [5, 5.41) is 11.5. The molecule has 1 heterocycles. The Balaban J connectivity index is 2.22. The number of carbonyl (C=O) groups is 1. The number of nitrogens with zero attached hydrogens (tertiary/aromatic N) is 1. The molecule has 1 aromatic heterocycles. The Bertz CT molecular complexity index is 639. The first-order valence-electron chi connectivity index (χ1n) is 5.61. The monoisotopic (exact) mass is 272 g/mol. The first kappa shape index (κ1) is 13.3. The predicted molar refractivity (Wildman–Crippen MR) is 75.2 cm³/mol. The van der Waals surface area contributed by atoms with Crippen LogP contribution in [-0.4, -0.2) is 22.6 Å². The van der Waals surface area contributed by atoms with Crippen LogP contribution in [0.5, 0.6) is 0 Å². The van der Waals surface area contributed by atoms with E-state index in [1.807, 2.05) is 19.1 Å². The molecule has 19 heavy (non-hydrogen) atoms. The number of carbonyl (C=O) groups excluding carboxylic acids is 1. The van der Waals surface area contributed by atoms with E-state index in [2.05, 4.69) is 22.1 Å². The van der Waals surface area contributed by atoms with Crippen LogP contribution in [0.15, 0.2) is 29.9 Å². The van der Waals surface area contributed by atoms with Crippen molar-refractivity contribution in [3.05, 3.63) is 45.9 Å². The number of benzene rings is 1. The molecule has 0 aliphatic carbocycles. The van der Waals surface area contributed by atoms with Gasteiger partial charge in [-0.05, 0) is 24.6 Å². The second-order valence-corrected chi connectivity index (χ2v) is 4.70. The number of rotatable bonds is 2. The molecule has 4 nitrogen and oxygen atoms in total. The van der Waals surface area contributed by atoms with Crippen LogP contribution in [0, 0.1) is 18.8 Å². The lowest BCUT2D eigenvalue weighted by Crippen LogP contribution is -2.11. The molecule has 0 aliphatic heterocycles. The third kappa shape index (κ3) is 3.41. The number of nitrogens with one attached hydrogen (secondary N) is 1. The van der Waals surface area contributed by atoms with Crippen molar-refractivity contribution in [1.82, 2.24) is 4.98 Å². The molecule has 0 bridgehead atoms. The quantitative estimate of drug-likeness (QED) is 0.822. The molecular formula is C14H12N2O2S. The van der Waals surface area contributed by atoms with Crippen LogP contribution in [0.4, 0.5) is 5.69 Å². The Morgan fingerprint density at radius 2 is 2.37 bits per heavy atom. The number of aliphatic hydroxyl groups excluding tert-OH is 1. The summed E-state index contributed by atoms with van der Waals surface area (Å²) in [6, 6.07) is 5.51. The molecule has 0 unspecified atom stereocenters. The van der Waals surface area contributed by atoms with Gasteiger partial charge >= 0.3 is 0 Å². The zero-order chi connectivity index (χ0) is 13.7. The smallest absolute Gasteiger partial charge is 0.267 e. The van der Waals surface area contributed by atoms with Gasteiger partial charge in [-0.2, -0.15) is 0 Å². The van der Waals surface area contributed by atoms with E-state index in [1.54, 1.807) is 11.6 Å². The molecule has 1 amide bonds. The van der Waals surface area contributed by atoms with Crippen LogP contribution in [0.1, 0.15) is 20.8 Å². The van der Waals surface area contributed by atoms with Gasteiger partial charge in [0.1, 0.15) is 11.5 Å². The molecule has 2 N–H and O–H groups in total. The minimum Gasteiger partial charge on any atom is -0.384 e. The Morgan fingerprint density at radius 3 is 3.05 bits per heavy atom. The van der Waals surface area contributed by atoms with Gasteiger partial charge in [0, 0.05) is 11.3 Å². The number of amides is 1. The van der Waals surface area contributed by atoms with Crippen LogP contribution >= 0.6 is 11.3 Å². The van der Waals surface area contributed by atoms with Crippen LogP contribution in [0.2, 0.25) is 0 Å². The van der Waals surface area contributed by atoms with Crippen molar-refractivity contribution in [1.29, 1.82) is 0 Å². The van der Waals surface area contributed by atoms with Gasteiger partial charge < -0.3 is 10.4 Å². The third-order valence-corrected chi connectivity index (χ3v) is 3.23. The molecule has 0 spiro atoms. The van der Waals surface area contributed by atoms with Crippen LogP contribution < -0.4 is 5.32 Å². The topological polar surface area (TPSA) is 62.2 Å². The van der Waals surface area contributed by atoms with Crippen LogP contribution in [0.25, 0.3) is 0 Å². The van der Waals surface area contributed by atoms with Gasteiger partial charge in [0.25, 0.3) is 5.91 Å². The Morgan fingerprint density at radius 1 is 1.53 bits per heavy atom. The number of aliphatic hydroxyl groups is 1. The number of aromatic nitrogens is 1. The molecule has 1 aromatic carbocycles. The normalized spacial score (nSPS) is 9.58. The Hall–Kier alpha value is -2.16. The van der Waals surface area contributed by atoms with Crippen molar-refractivity contribution in [3.63, 3.8) is 0 Å². The fraction of sp³-hybridized carbons (Fsp3) is 0.143. The summed E-state index contributed by atoms with van der Waals surface area (Å²) in [7, 11) is 0. The fourth-order valence-electron chi connectivity index (χ4n) is 1.49. The summed E-state index contributed by atoms with van der Waals surface area (Å²) in [5.41, 5.74) is 4.03. The van der Waals surface area contributed by atoms with E-state index in [4.69, 9.17) is 5.11 Å². The lowest BCUT2D eigenvalue weighted by Gasteiger charge is -2.07. The number of hydrogen-bond acceptors (Lipinski definition) is 4. The molecule has 0 fully saturated rings. The number of aryl methyl sites for hydroxylation is 1. The highest BCUT2D eigenvalue weighted by atomic mass is 32.1. The minimum absolute atomic E-state index is 0.183. The second kappa shape index (κ2) is 6.14. The molecule has 0 radical (unpaired) electrons. The second-order valence-electron chi connectivity index (χ2n) is 3.81. The van der Waals surface area contributed by atoms with E-state index < -0.39 is 0 Å². The lowest BCUT2D eigenvalue weighted by atomic mass is 10.1. The summed E-state index contributed by atoms with van der Waals surface area (Å²) in [6.07, 6.45) is 1.53. The van der Waals surface area contributed by atoms with Gasteiger partial charge in [-0.15, -0.1) is 11.3 Å². The predicted octanol–water partition coefficient (Wildman–Crippen LogP) is 2.05. The van der Waals surface area contributed by atoms with Crippen molar-refractivity contribution >= 4 is 22.9 Å². The van der Waals surface area contributed by atoms with E-state index in [0.717, 1.165) is 11.1 Å². The van der Waals surface area contributed by atoms with E-state index in [9.17, 15) is 4.79 Å². The minimum atomic E-state index is -0.184. The SMILES string of the molecule is Cc1ccc(C#CCO)cc1NC(=O)c1cncs1.